The van der Waals surface area contributed by atoms with Crippen LogP contribution in [0.3, 0.4) is 0 Å². The van der Waals surface area contributed by atoms with Gasteiger partial charge >= 0.3 is 39.5 Å². The molecule has 92 heavy (non-hydrogen) atoms. The number of hydrogen-bond donors (Lipinski definition) is 3. The monoisotopic (exact) mass is 1350 g/mol. The highest BCUT2D eigenvalue weighted by Crippen LogP contribution is 2.45. The molecule has 3 N–H and O–H groups in total. The number of phosphoric ester groups is 2. The van der Waals surface area contributed by atoms with Crippen molar-refractivity contribution in [1.82, 2.24) is 0 Å². The molecular formula is C73H142O17P2. The number of phosphoric acid groups is 2. The predicted molar refractivity (Wildman–Crippen MR) is 372 cm³/mol. The van der Waals surface area contributed by atoms with Crippen LogP contribution in [0, 0.1) is 11.8 Å². The van der Waals surface area contributed by atoms with Gasteiger partial charge in [0, 0.05) is 25.7 Å². The topological polar surface area (TPSA) is 237 Å². The van der Waals surface area contributed by atoms with Crippen LogP contribution in [0.25, 0.3) is 0 Å². The van der Waals surface area contributed by atoms with E-state index in [9.17, 15) is 43.2 Å². The van der Waals surface area contributed by atoms with E-state index in [4.69, 9.17) is 37.0 Å². The molecule has 0 saturated carbocycles. The second kappa shape index (κ2) is 65.0. The van der Waals surface area contributed by atoms with Crippen LogP contribution in [-0.4, -0.2) is 96.7 Å². The first-order chi connectivity index (χ1) is 44.4. The van der Waals surface area contributed by atoms with Crippen LogP contribution in [0.4, 0.5) is 0 Å². The van der Waals surface area contributed by atoms with Crippen molar-refractivity contribution in [2.24, 2.45) is 11.8 Å². The minimum atomic E-state index is -4.95. The first kappa shape index (κ1) is 90.1. The highest BCUT2D eigenvalue weighted by Gasteiger charge is 2.30. The van der Waals surface area contributed by atoms with Crippen LogP contribution in [0.2, 0.25) is 0 Å². The number of esters is 4. The van der Waals surface area contributed by atoms with Crippen LogP contribution >= 0.6 is 15.6 Å². The van der Waals surface area contributed by atoms with Crippen molar-refractivity contribution in [2.75, 3.05) is 39.6 Å². The Morgan fingerprint density at radius 3 is 0.739 bits per heavy atom. The van der Waals surface area contributed by atoms with Crippen LogP contribution in [0.1, 0.15) is 375 Å². The van der Waals surface area contributed by atoms with Crippen molar-refractivity contribution in [3.63, 3.8) is 0 Å². The Bertz CT molecular complexity index is 1790. The Hall–Kier alpha value is -1.94. The molecule has 0 spiro atoms. The van der Waals surface area contributed by atoms with Crippen molar-refractivity contribution < 1.29 is 80.2 Å². The number of ether oxygens (including phenoxy) is 4. The van der Waals surface area contributed by atoms with E-state index in [1.54, 1.807) is 0 Å². The molecule has 0 aromatic carbocycles. The number of aliphatic hydroxyl groups is 1. The summed E-state index contributed by atoms with van der Waals surface area (Å²) in [6.45, 7) is 9.52. The fourth-order valence-electron chi connectivity index (χ4n) is 11.1. The lowest BCUT2D eigenvalue weighted by Gasteiger charge is -2.21. The van der Waals surface area contributed by atoms with Gasteiger partial charge in [-0.05, 0) is 37.5 Å². The standard InChI is InChI=1S/C73H142O17P2/c1-7-9-11-13-14-15-16-17-18-19-22-28-33-38-44-50-56-71(76)84-62-69(90-73(78)58-51-45-39-34-29-23-20-21-26-31-36-42-47-53-65(3)4)64-88-92(81,82)86-60-67(74)59-85-91(79,80)87-63-68(61-83-70(75)55-49-41-12-10-8-2)89-72(77)57-52-46-40-35-30-25-24-27-32-37-43-48-54-66(5)6/h65-69,74H,7-64H2,1-6H3,(H,79,80)(H,81,82)/t67-,68+,69+/m0/s1. The average Bonchev–Trinajstić information content (AvgIpc) is 1.95. The molecule has 0 amide bonds. The first-order valence-electron chi connectivity index (χ1n) is 38.0. The smallest absolute Gasteiger partial charge is 0.462 e. The van der Waals surface area contributed by atoms with Crippen LogP contribution in [0.15, 0.2) is 0 Å². The number of hydrogen-bond acceptors (Lipinski definition) is 15. The van der Waals surface area contributed by atoms with Gasteiger partial charge in [-0.1, -0.05) is 324 Å². The SMILES string of the molecule is CCCCCCCCCCCCCCCCCCC(=O)OC[C@H](COP(=O)(O)OC[C@@H](O)COP(=O)(O)OC[C@@H](COC(=O)CCCCCCC)OC(=O)CCCCCCCCCCCCCCC(C)C)OC(=O)CCCCCCCCCCCCCCCC(C)C. The number of carbonyl (C=O) groups excluding carboxylic acids is 4. The third-order valence-electron chi connectivity index (χ3n) is 17.0. The molecular weight excluding hydrogens is 1210 g/mol. The Morgan fingerprint density at radius 2 is 0.500 bits per heavy atom. The van der Waals surface area contributed by atoms with E-state index in [-0.39, 0.29) is 25.7 Å². The molecule has 2 unspecified atom stereocenters. The van der Waals surface area contributed by atoms with Gasteiger partial charge in [-0.2, -0.15) is 0 Å². The second-order valence-electron chi connectivity index (χ2n) is 27.3. The van der Waals surface area contributed by atoms with E-state index in [1.165, 1.54) is 186 Å². The molecule has 0 rings (SSSR count). The Kier molecular flexibility index (Phi) is 63.7. The molecule has 0 aromatic heterocycles. The van der Waals surface area contributed by atoms with Crippen LogP contribution in [-0.2, 0) is 65.4 Å². The molecule has 5 atom stereocenters. The Morgan fingerprint density at radius 1 is 0.293 bits per heavy atom. The molecule has 0 aliphatic rings. The van der Waals surface area contributed by atoms with Gasteiger partial charge in [-0.3, -0.25) is 37.3 Å². The molecule has 0 aliphatic heterocycles. The molecule has 0 bridgehead atoms. The molecule has 546 valence electrons. The second-order valence-corrected chi connectivity index (χ2v) is 30.2. The van der Waals surface area contributed by atoms with Crippen molar-refractivity contribution in [1.29, 1.82) is 0 Å². The van der Waals surface area contributed by atoms with Gasteiger partial charge in [0.15, 0.2) is 12.2 Å². The Labute approximate surface area is 562 Å². The lowest BCUT2D eigenvalue weighted by atomic mass is 10.0. The lowest BCUT2D eigenvalue weighted by Crippen LogP contribution is -2.30. The average molecular weight is 1350 g/mol. The largest absolute Gasteiger partial charge is 0.472 e. The van der Waals surface area contributed by atoms with E-state index in [0.717, 1.165) is 108 Å². The first-order valence-corrected chi connectivity index (χ1v) is 41.0. The maximum atomic E-state index is 13.0. The highest BCUT2D eigenvalue weighted by atomic mass is 31.2. The van der Waals surface area contributed by atoms with E-state index >= 15 is 0 Å². The van der Waals surface area contributed by atoms with Crippen LogP contribution in [0.5, 0.6) is 0 Å². The van der Waals surface area contributed by atoms with Crippen molar-refractivity contribution in [3.8, 4) is 0 Å². The summed E-state index contributed by atoms with van der Waals surface area (Å²) < 4.78 is 68.2. The number of unbranched alkanes of at least 4 members (excludes halogenated alkanes) is 42. The molecule has 0 aliphatic carbocycles. The molecule has 0 fully saturated rings. The van der Waals surface area contributed by atoms with Gasteiger partial charge in [0.25, 0.3) is 0 Å². The summed E-state index contributed by atoms with van der Waals surface area (Å²) in [5.74, 6) is -0.566. The van der Waals surface area contributed by atoms with Gasteiger partial charge in [0.05, 0.1) is 26.4 Å². The Balaban J connectivity index is 5.15. The normalized spacial score (nSPS) is 14.1. The van der Waals surface area contributed by atoms with Gasteiger partial charge < -0.3 is 33.8 Å². The fraction of sp³-hybridized carbons (Fsp3) is 0.945. The van der Waals surface area contributed by atoms with Crippen molar-refractivity contribution in [2.45, 2.75) is 394 Å². The molecule has 0 saturated heterocycles. The van der Waals surface area contributed by atoms with Crippen LogP contribution < -0.4 is 0 Å². The predicted octanol–water partition coefficient (Wildman–Crippen LogP) is 21.2. The molecule has 19 heteroatoms. The van der Waals surface area contributed by atoms with E-state index in [0.29, 0.717) is 25.7 Å². The summed E-state index contributed by atoms with van der Waals surface area (Å²) in [6.07, 6.45) is 51.7. The summed E-state index contributed by atoms with van der Waals surface area (Å²) in [7, 11) is -9.90. The van der Waals surface area contributed by atoms with E-state index in [1.807, 2.05) is 0 Å². The summed E-state index contributed by atoms with van der Waals surface area (Å²) in [4.78, 5) is 72.4. The summed E-state index contributed by atoms with van der Waals surface area (Å²) in [5, 5.41) is 10.6. The highest BCUT2D eigenvalue weighted by molar-refractivity contribution is 7.47. The summed E-state index contributed by atoms with van der Waals surface area (Å²) in [6, 6.07) is 0. The van der Waals surface area contributed by atoms with E-state index in [2.05, 4.69) is 41.5 Å². The van der Waals surface area contributed by atoms with Gasteiger partial charge in [-0.25, -0.2) is 9.13 Å². The number of carbonyl (C=O) groups is 4. The van der Waals surface area contributed by atoms with Gasteiger partial charge in [-0.15, -0.1) is 0 Å². The zero-order valence-electron chi connectivity index (χ0n) is 59.9. The maximum absolute atomic E-state index is 13.0. The zero-order chi connectivity index (χ0) is 67.9. The molecule has 0 radical (unpaired) electrons. The molecule has 0 aromatic rings. The van der Waals surface area contributed by atoms with Crippen molar-refractivity contribution >= 4 is 39.5 Å². The minimum Gasteiger partial charge on any atom is -0.462 e. The molecule has 17 nitrogen and oxygen atoms in total. The van der Waals surface area contributed by atoms with Crippen molar-refractivity contribution in [3.05, 3.63) is 0 Å². The lowest BCUT2D eigenvalue weighted by molar-refractivity contribution is -0.161. The van der Waals surface area contributed by atoms with E-state index < -0.39 is 97.5 Å². The van der Waals surface area contributed by atoms with Gasteiger partial charge in [0.1, 0.15) is 19.3 Å². The van der Waals surface area contributed by atoms with Gasteiger partial charge in [0.2, 0.25) is 0 Å². The quantitative estimate of drug-likeness (QED) is 0.0222. The summed E-state index contributed by atoms with van der Waals surface area (Å²) in [5.41, 5.74) is 0. The minimum absolute atomic E-state index is 0.106. The molecule has 0 heterocycles. The maximum Gasteiger partial charge on any atom is 0.472 e. The third-order valence-corrected chi connectivity index (χ3v) is 18.9. The number of aliphatic hydroxyl groups excluding tert-OH is 1. The number of rotatable bonds is 72. The summed E-state index contributed by atoms with van der Waals surface area (Å²) >= 11 is 0. The zero-order valence-corrected chi connectivity index (χ0v) is 61.6. The third kappa shape index (κ3) is 66.7. The fourth-order valence-corrected chi connectivity index (χ4v) is 12.7.